The van der Waals surface area contributed by atoms with Gasteiger partial charge in [0.15, 0.2) is 5.82 Å². The van der Waals surface area contributed by atoms with Gasteiger partial charge < -0.3 is 5.73 Å². The van der Waals surface area contributed by atoms with Crippen molar-refractivity contribution in [2.45, 2.75) is 6.43 Å². The average molecular weight is 197 g/mol. The molecule has 1 heterocycles. The molecule has 1 aromatic rings. The van der Waals surface area contributed by atoms with Gasteiger partial charge >= 0.3 is 0 Å². The van der Waals surface area contributed by atoms with Gasteiger partial charge in [-0.15, -0.1) is 0 Å². The van der Waals surface area contributed by atoms with Gasteiger partial charge in [-0.3, -0.25) is 4.98 Å². The fraction of sp³-hybridized carbons (Fsp3) is 0.167. The van der Waals surface area contributed by atoms with Gasteiger partial charge in [-0.05, 0) is 0 Å². The summed E-state index contributed by atoms with van der Waals surface area (Å²) in [6.07, 6.45) is -2.09. The van der Waals surface area contributed by atoms with E-state index in [4.69, 9.17) is 17.3 Å². The number of nitrogens with zero attached hydrogens (tertiary/aromatic N) is 1. The van der Waals surface area contributed by atoms with Crippen molar-refractivity contribution in [3.05, 3.63) is 22.7 Å². The van der Waals surface area contributed by atoms with Crippen LogP contribution in [-0.4, -0.2) is 4.98 Å². The fourth-order valence-electron chi connectivity index (χ4n) is 0.644. The van der Waals surface area contributed by atoms with Crippen molar-refractivity contribution >= 4 is 17.3 Å². The Morgan fingerprint density at radius 1 is 1.50 bits per heavy atom. The molecule has 0 aromatic carbocycles. The summed E-state index contributed by atoms with van der Waals surface area (Å²) in [5.74, 6) is -1.05. The minimum absolute atomic E-state index is 0.343. The fourth-order valence-corrected chi connectivity index (χ4v) is 0.884. The average Bonchev–Trinajstić information content (AvgIpc) is 2.00. The third-order valence-electron chi connectivity index (χ3n) is 1.22. The van der Waals surface area contributed by atoms with Crippen molar-refractivity contribution in [1.29, 1.82) is 0 Å². The summed E-state index contributed by atoms with van der Waals surface area (Å²) in [7, 11) is 0. The van der Waals surface area contributed by atoms with Crippen LogP contribution < -0.4 is 5.73 Å². The Morgan fingerprint density at radius 3 is 2.58 bits per heavy atom. The second-order valence-corrected chi connectivity index (χ2v) is 2.41. The monoisotopic (exact) mass is 196 g/mol. The molecule has 0 aliphatic rings. The predicted octanol–water partition coefficient (Wildman–Crippen LogP) is 2.39. The van der Waals surface area contributed by atoms with E-state index in [1.165, 1.54) is 0 Å². The molecule has 1 rings (SSSR count). The summed E-state index contributed by atoms with van der Waals surface area (Å²) in [5, 5.41) is -0.718. The van der Waals surface area contributed by atoms with Crippen molar-refractivity contribution in [2.75, 3.05) is 5.73 Å². The highest BCUT2D eigenvalue weighted by atomic mass is 35.5. The van der Waals surface area contributed by atoms with Crippen molar-refractivity contribution in [3.8, 4) is 0 Å². The zero-order valence-electron chi connectivity index (χ0n) is 5.69. The summed E-state index contributed by atoms with van der Waals surface area (Å²) < 4.78 is 36.7. The number of aromatic nitrogens is 1. The quantitative estimate of drug-likeness (QED) is 0.749. The van der Waals surface area contributed by atoms with E-state index in [1.54, 1.807) is 0 Å². The van der Waals surface area contributed by atoms with Crippen LogP contribution in [0.25, 0.3) is 0 Å². The molecule has 12 heavy (non-hydrogen) atoms. The third-order valence-corrected chi connectivity index (χ3v) is 1.58. The number of nitrogens with two attached hydrogens (primary N) is 1. The van der Waals surface area contributed by atoms with Crippen molar-refractivity contribution in [1.82, 2.24) is 4.98 Å². The first-order chi connectivity index (χ1) is 5.54. The highest BCUT2D eigenvalue weighted by Crippen LogP contribution is 2.29. The predicted molar refractivity (Wildman–Crippen MR) is 38.6 cm³/mol. The van der Waals surface area contributed by atoms with Crippen LogP contribution in [-0.2, 0) is 0 Å². The molecule has 0 spiro atoms. The van der Waals surface area contributed by atoms with Gasteiger partial charge in [0, 0.05) is 0 Å². The molecule has 0 fully saturated rings. The first-order valence-electron chi connectivity index (χ1n) is 2.91. The van der Waals surface area contributed by atoms with Gasteiger partial charge in [0.05, 0.1) is 11.9 Å². The Morgan fingerprint density at radius 2 is 2.08 bits per heavy atom. The Kier molecular flexibility index (Phi) is 2.42. The van der Waals surface area contributed by atoms with Gasteiger partial charge in [0.25, 0.3) is 6.43 Å². The lowest BCUT2D eigenvalue weighted by molar-refractivity contribution is 0.145. The Bertz CT molecular complexity index is 303. The summed E-state index contributed by atoms with van der Waals surface area (Å²) in [6, 6.07) is 0. The van der Waals surface area contributed by atoms with Gasteiger partial charge in [0.1, 0.15) is 10.7 Å². The van der Waals surface area contributed by atoms with Crippen LogP contribution >= 0.6 is 11.6 Å². The van der Waals surface area contributed by atoms with E-state index in [-0.39, 0.29) is 5.69 Å². The molecule has 0 aliphatic heterocycles. The highest BCUT2D eigenvalue weighted by Gasteiger charge is 2.18. The molecule has 0 atom stereocenters. The largest absolute Gasteiger partial charge is 0.395 e. The number of anilines is 1. The molecule has 0 bridgehead atoms. The highest BCUT2D eigenvalue weighted by molar-refractivity contribution is 6.31. The number of hydrogen-bond donors (Lipinski definition) is 1. The van der Waals surface area contributed by atoms with Gasteiger partial charge in [0.2, 0.25) is 0 Å². The van der Waals surface area contributed by atoms with E-state index in [0.29, 0.717) is 0 Å². The molecule has 1 aromatic heterocycles. The minimum atomic E-state index is -2.90. The maximum absolute atomic E-state index is 12.7. The van der Waals surface area contributed by atoms with Crippen LogP contribution in [0.15, 0.2) is 6.20 Å². The van der Waals surface area contributed by atoms with Crippen molar-refractivity contribution in [2.24, 2.45) is 0 Å². The normalized spacial score (nSPS) is 10.8. The summed E-state index contributed by atoms with van der Waals surface area (Å²) in [5.41, 5.74) is 3.89. The zero-order valence-corrected chi connectivity index (χ0v) is 6.45. The Balaban J connectivity index is 3.27. The van der Waals surface area contributed by atoms with Gasteiger partial charge in [-0.2, -0.15) is 0 Å². The van der Waals surface area contributed by atoms with E-state index in [2.05, 4.69) is 4.98 Å². The lowest BCUT2D eigenvalue weighted by Crippen LogP contribution is -1.99. The van der Waals surface area contributed by atoms with Crippen LogP contribution in [0.2, 0.25) is 5.02 Å². The summed E-state index contributed by atoms with van der Waals surface area (Å²) >= 11 is 5.20. The second-order valence-electron chi connectivity index (χ2n) is 2.03. The second kappa shape index (κ2) is 3.18. The van der Waals surface area contributed by atoms with Crippen molar-refractivity contribution < 1.29 is 13.2 Å². The molecule has 66 valence electrons. The first kappa shape index (κ1) is 9.12. The summed E-state index contributed by atoms with van der Waals surface area (Å²) in [6.45, 7) is 0. The number of hydrogen-bond acceptors (Lipinski definition) is 2. The van der Waals surface area contributed by atoms with Crippen LogP contribution in [0.5, 0.6) is 0 Å². The van der Waals surface area contributed by atoms with Gasteiger partial charge in [-0.1, -0.05) is 11.6 Å². The minimum Gasteiger partial charge on any atom is -0.395 e. The molecule has 0 saturated heterocycles. The Hall–Kier alpha value is -0.970. The molecule has 0 radical (unpaired) electrons. The molecule has 0 unspecified atom stereocenters. The number of rotatable bonds is 1. The number of nitrogen functional groups attached to an aromatic ring is 1. The topological polar surface area (TPSA) is 38.9 Å². The van der Waals surface area contributed by atoms with Crippen LogP contribution in [0.4, 0.5) is 18.9 Å². The molecule has 6 heteroatoms. The van der Waals surface area contributed by atoms with Crippen molar-refractivity contribution in [3.63, 3.8) is 0 Å². The lowest BCUT2D eigenvalue weighted by atomic mass is 10.3. The van der Waals surface area contributed by atoms with Gasteiger partial charge in [-0.25, -0.2) is 13.2 Å². The molecular formula is C6H4ClF3N2. The molecule has 2 nitrogen and oxygen atoms in total. The molecule has 0 aliphatic carbocycles. The van der Waals surface area contributed by atoms with E-state index >= 15 is 0 Å². The van der Waals surface area contributed by atoms with E-state index in [1.807, 2.05) is 0 Å². The first-order valence-corrected chi connectivity index (χ1v) is 3.29. The maximum atomic E-state index is 12.7. The van der Waals surface area contributed by atoms with Crippen LogP contribution in [0.3, 0.4) is 0 Å². The Labute approximate surface area is 71.2 Å². The molecule has 0 saturated carbocycles. The van der Waals surface area contributed by atoms with Crippen LogP contribution in [0, 0.1) is 5.82 Å². The number of halogens is 4. The SMILES string of the molecule is Nc1cnc(C(F)F)c(Cl)c1F. The number of alkyl halides is 2. The smallest absolute Gasteiger partial charge is 0.281 e. The lowest BCUT2D eigenvalue weighted by Gasteiger charge is -2.03. The zero-order chi connectivity index (χ0) is 9.30. The third kappa shape index (κ3) is 1.45. The van der Waals surface area contributed by atoms with E-state index in [9.17, 15) is 13.2 Å². The van der Waals surface area contributed by atoms with E-state index < -0.39 is 23.0 Å². The summed E-state index contributed by atoms with van der Waals surface area (Å²) in [4.78, 5) is 3.19. The van der Waals surface area contributed by atoms with E-state index in [0.717, 1.165) is 6.20 Å². The maximum Gasteiger partial charge on any atom is 0.281 e. The molecule has 2 N–H and O–H groups in total. The standard InChI is InChI=1S/C6H4ClF3N2/c7-3-4(8)2(11)1-12-5(3)6(9)10/h1,6H,11H2. The molecular weight excluding hydrogens is 193 g/mol. The number of pyridine rings is 1. The molecule has 0 amide bonds. The van der Waals surface area contributed by atoms with Crippen LogP contribution in [0.1, 0.15) is 12.1 Å².